The smallest absolute Gasteiger partial charge is 0.311 e. The maximum Gasteiger partial charge on any atom is 0.311 e. The van der Waals surface area contributed by atoms with Gasteiger partial charge in [0.15, 0.2) is 0 Å². The molecule has 7 nitrogen and oxygen atoms in total. The Morgan fingerprint density at radius 3 is 2.41 bits per heavy atom. The third-order valence-electron chi connectivity index (χ3n) is 6.89. The molecule has 0 fully saturated rings. The molecule has 2 atom stereocenters. The Bertz CT molecular complexity index is 822. The van der Waals surface area contributed by atoms with Crippen LogP contribution in [0.4, 0.5) is 0 Å². The first-order valence-electron chi connectivity index (χ1n) is 14.1. The van der Waals surface area contributed by atoms with Gasteiger partial charge in [-0.05, 0) is 61.6 Å². The van der Waals surface area contributed by atoms with Gasteiger partial charge >= 0.3 is 5.97 Å². The molecule has 0 spiro atoms. The summed E-state index contributed by atoms with van der Waals surface area (Å²) in [7, 11) is 0. The molecular formula is C30H47NO6. The molecule has 0 aromatic heterocycles. The summed E-state index contributed by atoms with van der Waals surface area (Å²) >= 11 is 0. The number of hydrogen-bond acceptors (Lipinski definition) is 6. The lowest BCUT2D eigenvalue weighted by molar-refractivity contribution is -0.763. The zero-order valence-electron chi connectivity index (χ0n) is 23.1. The molecule has 37 heavy (non-hydrogen) atoms. The Labute approximate surface area is 223 Å². The number of ketones is 1. The van der Waals surface area contributed by atoms with Crippen LogP contribution in [0.1, 0.15) is 116 Å². The fourth-order valence-electron chi connectivity index (χ4n) is 4.62. The van der Waals surface area contributed by atoms with Gasteiger partial charge in [0.25, 0.3) is 5.09 Å². The van der Waals surface area contributed by atoms with E-state index in [0.29, 0.717) is 48.2 Å². The van der Waals surface area contributed by atoms with Gasteiger partial charge in [-0.25, -0.2) is 0 Å². The number of hydrogen-bond donors (Lipinski definition) is 0. The number of nitrogens with zero attached hydrogens (tertiary/aromatic N) is 1. The van der Waals surface area contributed by atoms with Crippen molar-refractivity contribution in [2.24, 2.45) is 11.8 Å². The Morgan fingerprint density at radius 1 is 0.946 bits per heavy atom. The second-order valence-corrected chi connectivity index (χ2v) is 9.80. The highest BCUT2D eigenvalue weighted by atomic mass is 16.9. The van der Waals surface area contributed by atoms with Crippen LogP contribution in [0.2, 0.25) is 0 Å². The average Bonchev–Trinajstić information content (AvgIpc) is 2.88. The van der Waals surface area contributed by atoms with Crippen LogP contribution in [-0.4, -0.2) is 16.8 Å². The SMILES string of the molecule is CCCCCCCC(=O)CCC(CC)[C@H](CC)C/C=C\CCCC(=O)Oc1cccc(CO[N+](=O)[O-])c1. The van der Waals surface area contributed by atoms with Gasteiger partial charge in [-0.15, -0.1) is 10.1 Å². The third kappa shape index (κ3) is 15.9. The quantitative estimate of drug-likeness (QED) is 0.0384. The number of benzene rings is 1. The van der Waals surface area contributed by atoms with Gasteiger partial charge in [0.1, 0.15) is 18.1 Å². The van der Waals surface area contributed by atoms with Crippen molar-refractivity contribution in [2.45, 2.75) is 117 Å². The lowest BCUT2D eigenvalue weighted by atomic mass is 9.81. The number of carbonyl (C=O) groups excluding carboxylic acids is 2. The molecule has 208 valence electrons. The van der Waals surface area contributed by atoms with Crippen LogP contribution >= 0.6 is 0 Å². The predicted octanol–water partition coefficient (Wildman–Crippen LogP) is 8.18. The first-order chi connectivity index (χ1) is 17.9. The minimum atomic E-state index is -0.852. The number of allylic oxidation sites excluding steroid dienone is 2. The molecule has 0 N–H and O–H groups in total. The Morgan fingerprint density at radius 2 is 1.70 bits per heavy atom. The molecule has 1 aromatic rings. The number of Topliss-reactive ketones (excluding diaryl/α,β-unsaturated/α-hetero) is 1. The Kier molecular flexibility index (Phi) is 17.8. The molecule has 0 amide bonds. The second-order valence-electron chi connectivity index (χ2n) is 9.80. The standard InChI is InChI=1S/C30H47NO6/c1-4-7-8-9-13-18-28(32)22-21-27(6-3)26(5-2)17-12-10-11-14-20-30(33)37-29-19-15-16-25(23-29)24-36-31(34)35/h10,12,15-16,19,23,26-27H,4-9,11,13-14,17-18,20-22,24H2,1-3H3/b12-10-/t26-,27?/m1/s1. The van der Waals surface area contributed by atoms with Crippen molar-refractivity contribution in [1.82, 2.24) is 0 Å². The van der Waals surface area contributed by atoms with Crippen molar-refractivity contribution in [3.8, 4) is 5.75 Å². The van der Waals surface area contributed by atoms with Crippen molar-refractivity contribution in [3.63, 3.8) is 0 Å². The zero-order valence-corrected chi connectivity index (χ0v) is 23.1. The summed E-state index contributed by atoms with van der Waals surface area (Å²) in [4.78, 5) is 39.1. The van der Waals surface area contributed by atoms with Gasteiger partial charge < -0.3 is 9.57 Å². The van der Waals surface area contributed by atoms with Gasteiger partial charge in [-0.2, -0.15) is 0 Å². The summed E-state index contributed by atoms with van der Waals surface area (Å²) in [6.45, 7) is 6.47. The van der Waals surface area contributed by atoms with E-state index >= 15 is 0 Å². The Hall–Kier alpha value is -2.70. The van der Waals surface area contributed by atoms with E-state index in [9.17, 15) is 19.7 Å². The second kappa shape index (κ2) is 20.4. The topological polar surface area (TPSA) is 95.7 Å². The normalized spacial score (nSPS) is 12.8. The number of ether oxygens (including phenoxy) is 1. The minimum absolute atomic E-state index is 0.184. The van der Waals surface area contributed by atoms with Crippen molar-refractivity contribution < 1.29 is 24.3 Å². The summed E-state index contributed by atoms with van der Waals surface area (Å²) < 4.78 is 5.34. The van der Waals surface area contributed by atoms with E-state index in [-0.39, 0.29) is 12.6 Å². The molecule has 0 saturated heterocycles. The van der Waals surface area contributed by atoms with Gasteiger partial charge in [0.2, 0.25) is 0 Å². The van der Waals surface area contributed by atoms with Crippen LogP contribution < -0.4 is 4.74 Å². The lowest BCUT2D eigenvalue weighted by Gasteiger charge is -2.24. The Balaban J connectivity index is 2.30. The summed E-state index contributed by atoms with van der Waals surface area (Å²) in [6, 6.07) is 6.55. The number of esters is 1. The van der Waals surface area contributed by atoms with E-state index in [2.05, 4.69) is 37.8 Å². The lowest BCUT2D eigenvalue weighted by Crippen LogP contribution is -2.14. The summed E-state index contributed by atoms with van der Waals surface area (Å²) in [5.74, 6) is 1.60. The maximum absolute atomic E-state index is 12.3. The van der Waals surface area contributed by atoms with Crippen LogP contribution in [0.15, 0.2) is 36.4 Å². The molecule has 0 aliphatic heterocycles. The highest BCUT2D eigenvalue weighted by Gasteiger charge is 2.18. The maximum atomic E-state index is 12.3. The number of rotatable bonds is 22. The highest BCUT2D eigenvalue weighted by molar-refractivity contribution is 5.78. The largest absolute Gasteiger partial charge is 0.427 e. The molecular weight excluding hydrogens is 470 g/mol. The van der Waals surface area contributed by atoms with E-state index in [4.69, 9.17) is 4.74 Å². The van der Waals surface area contributed by atoms with E-state index in [1.165, 1.54) is 25.7 Å². The van der Waals surface area contributed by atoms with Crippen LogP contribution in [0.3, 0.4) is 0 Å². The molecule has 0 radical (unpaired) electrons. The van der Waals surface area contributed by atoms with Gasteiger partial charge in [-0.3, -0.25) is 9.59 Å². The third-order valence-corrected chi connectivity index (χ3v) is 6.89. The molecule has 0 bridgehead atoms. The first-order valence-corrected chi connectivity index (χ1v) is 14.1. The monoisotopic (exact) mass is 517 g/mol. The summed E-state index contributed by atoms with van der Waals surface area (Å²) in [5.41, 5.74) is 0.563. The molecule has 1 unspecified atom stereocenters. The van der Waals surface area contributed by atoms with Crippen molar-refractivity contribution in [1.29, 1.82) is 0 Å². The summed E-state index contributed by atoms with van der Waals surface area (Å²) in [5, 5.41) is 9.47. The van der Waals surface area contributed by atoms with E-state index in [1.807, 2.05) is 0 Å². The number of unbranched alkanes of at least 4 members (excludes halogenated alkanes) is 5. The van der Waals surface area contributed by atoms with Crippen LogP contribution in [0, 0.1) is 22.0 Å². The average molecular weight is 518 g/mol. The fraction of sp³-hybridized carbons (Fsp3) is 0.667. The van der Waals surface area contributed by atoms with Gasteiger partial charge in [0, 0.05) is 19.3 Å². The highest BCUT2D eigenvalue weighted by Crippen LogP contribution is 2.28. The number of carbonyl (C=O) groups is 2. The molecule has 0 aliphatic carbocycles. The first kappa shape index (κ1) is 32.3. The van der Waals surface area contributed by atoms with E-state index in [1.54, 1.807) is 24.3 Å². The van der Waals surface area contributed by atoms with Crippen LogP contribution in [-0.2, 0) is 21.0 Å². The van der Waals surface area contributed by atoms with E-state index < -0.39 is 5.09 Å². The van der Waals surface area contributed by atoms with Gasteiger partial charge in [0.05, 0.1) is 0 Å². The zero-order chi connectivity index (χ0) is 27.3. The molecule has 1 aromatic carbocycles. The van der Waals surface area contributed by atoms with Crippen molar-refractivity contribution in [2.75, 3.05) is 0 Å². The molecule has 0 heterocycles. The molecule has 1 rings (SSSR count). The molecule has 0 aliphatic rings. The van der Waals surface area contributed by atoms with Crippen molar-refractivity contribution >= 4 is 11.8 Å². The molecule has 7 heteroatoms. The predicted molar refractivity (Wildman–Crippen MR) is 147 cm³/mol. The van der Waals surface area contributed by atoms with E-state index in [0.717, 1.165) is 44.9 Å². The van der Waals surface area contributed by atoms with Crippen LogP contribution in [0.5, 0.6) is 5.75 Å². The summed E-state index contributed by atoms with van der Waals surface area (Å²) in [6.07, 6.45) is 17.7. The molecule has 0 saturated carbocycles. The minimum Gasteiger partial charge on any atom is -0.427 e. The van der Waals surface area contributed by atoms with Gasteiger partial charge in [-0.1, -0.05) is 83.6 Å². The van der Waals surface area contributed by atoms with Crippen molar-refractivity contribution in [3.05, 3.63) is 52.1 Å². The van der Waals surface area contributed by atoms with Crippen LogP contribution in [0.25, 0.3) is 0 Å². The fourth-order valence-corrected chi connectivity index (χ4v) is 4.62.